The zero-order chi connectivity index (χ0) is 24.9. The van der Waals surface area contributed by atoms with Gasteiger partial charge in [0.15, 0.2) is 0 Å². The molecule has 4 amide bonds. The first kappa shape index (κ1) is 23.2. The van der Waals surface area contributed by atoms with E-state index in [0.29, 0.717) is 17.9 Å². The minimum absolute atomic E-state index is 0.106. The van der Waals surface area contributed by atoms with Gasteiger partial charge in [-0.05, 0) is 60.9 Å². The van der Waals surface area contributed by atoms with Crippen molar-refractivity contribution in [1.29, 1.82) is 0 Å². The molecule has 0 aliphatic carbocycles. The lowest BCUT2D eigenvalue weighted by atomic mass is 10.1. The van der Waals surface area contributed by atoms with Gasteiger partial charge in [-0.3, -0.25) is 14.5 Å². The molecule has 1 aromatic heterocycles. The first-order chi connectivity index (χ1) is 17.6. The number of hydrogen-bond acceptors (Lipinski definition) is 4. The van der Waals surface area contributed by atoms with Crippen molar-refractivity contribution in [3.05, 3.63) is 90.6 Å². The van der Waals surface area contributed by atoms with Crippen molar-refractivity contribution in [2.24, 2.45) is 0 Å². The molecule has 8 nitrogen and oxygen atoms in total. The van der Waals surface area contributed by atoms with Gasteiger partial charge in [0.1, 0.15) is 17.5 Å². The number of aromatic amines is 1. The second-order valence-corrected chi connectivity index (χ2v) is 8.63. The molecule has 1 fully saturated rings. The Morgan fingerprint density at radius 2 is 1.64 bits per heavy atom. The van der Waals surface area contributed by atoms with Crippen molar-refractivity contribution in [2.45, 2.75) is 25.3 Å². The second-order valence-electron chi connectivity index (χ2n) is 8.63. The highest BCUT2D eigenvalue weighted by molar-refractivity contribution is 6.04. The molecule has 8 heteroatoms. The van der Waals surface area contributed by atoms with Crippen LogP contribution >= 0.6 is 0 Å². The second kappa shape index (κ2) is 10.4. The number of nitrogens with zero attached hydrogens (tertiary/aromatic N) is 1. The van der Waals surface area contributed by atoms with Gasteiger partial charge in [0.2, 0.25) is 5.91 Å². The van der Waals surface area contributed by atoms with E-state index >= 15 is 0 Å². The molecule has 0 radical (unpaired) electrons. The van der Waals surface area contributed by atoms with Gasteiger partial charge < -0.3 is 20.4 Å². The molecule has 1 atom stereocenters. The van der Waals surface area contributed by atoms with Crippen molar-refractivity contribution >= 4 is 34.4 Å². The maximum atomic E-state index is 12.8. The lowest BCUT2D eigenvalue weighted by Crippen LogP contribution is -2.33. The minimum Gasteiger partial charge on any atom is -0.457 e. The molecule has 1 aliphatic rings. The summed E-state index contributed by atoms with van der Waals surface area (Å²) in [5.74, 6) is 0.861. The fourth-order valence-corrected chi connectivity index (χ4v) is 4.28. The number of carbonyl (C=O) groups is 3. The Kier molecular flexibility index (Phi) is 6.66. The fourth-order valence-electron chi connectivity index (χ4n) is 4.28. The Balaban J connectivity index is 1.10. The van der Waals surface area contributed by atoms with Gasteiger partial charge in [-0.15, -0.1) is 0 Å². The number of carbonyl (C=O) groups excluding carboxylic acids is 3. The van der Waals surface area contributed by atoms with Crippen LogP contribution in [0.25, 0.3) is 10.9 Å². The largest absolute Gasteiger partial charge is 0.457 e. The van der Waals surface area contributed by atoms with Gasteiger partial charge in [0.25, 0.3) is 5.91 Å². The third-order valence-corrected chi connectivity index (χ3v) is 6.16. The van der Waals surface area contributed by atoms with E-state index in [1.165, 1.54) is 4.90 Å². The lowest BCUT2D eigenvalue weighted by Gasteiger charge is -2.13. The van der Waals surface area contributed by atoms with E-state index in [1.54, 1.807) is 24.3 Å². The number of aromatic nitrogens is 1. The summed E-state index contributed by atoms with van der Waals surface area (Å²) in [5, 5.41) is 6.60. The number of imide groups is 1. The normalized spacial score (nSPS) is 15.2. The molecule has 2 heterocycles. The smallest absolute Gasteiger partial charge is 0.324 e. The number of H-pyrrole nitrogens is 1. The highest BCUT2D eigenvalue weighted by Gasteiger charge is 2.37. The third kappa shape index (κ3) is 5.22. The number of benzene rings is 3. The fraction of sp³-hybridized carbons (Fsp3) is 0.179. The summed E-state index contributed by atoms with van der Waals surface area (Å²) in [6.45, 7) is 0.284. The van der Waals surface area contributed by atoms with Crippen molar-refractivity contribution in [3.63, 3.8) is 0 Å². The Morgan fingerprint density at radius 3 is 2.44 bits per heavy atom. The molecule has 36 heavy (non-hydrogen) atoms. The molecular formula is C28H26N4O4. The summed E-state index contributed by atoms with van der Waals surface area (Å²) in [5.41, 5.74) is 2.70. The molecule has 0 spiro atoms. The van der Waals surface area contributed by atoms with Crippen LogP contribution in [-0.4, -0.2) is 40.3 Å². The van der Waals surface area contributed by atoms with Crippen LogP contribution < -0.4 is 15.4 Å². The van der Waals surface area contributed by atoms with E-state index in [0.717, 1.165) is 22.2 Å². The average Bonchev–Trinajstić information content (AvgIpc) is 3.43. The minimum atomic E-state index is -0.701. The Labute approximate surface area is 208 Å². The zero-order valence-corrected chi connectivity index (χ0v) is 19.6. The Morgan fingerprint density at radius 1 is 0.917 bits per heavy atom. The summed E-state index contributed by atoms with van der Waals surface area (Å²) in [7, 11) is 0. The Bertz CT molecular complexity index is 1380. The van der Waals surface area contributed by atoms with Gasteiger partial charge in [-0.1, -0.05) is 36.4 Å². The molecule has 0 bridgehead atoms. The Hall–Kier alpha value is -4.59. The van der Waals surface area contributed by atoms with Gasteiger partial charge in [-0.25, -0.2) is 4.79 Å². The van der Waals surface area contributed by atoms with E-state index in [2.05, 4.69) is 15.6 Å². The van der Waals surface area contributed by atoms with E-state index in [4.69, 9.17) is 4.74 Å². The van der Waals surface area contributed by atoms with E-state index < -0.39 is 12.1 Å². The first-order valence-electron chi connectivity index (χ1n) is 11.9. The molecule has 1 saturated heterocycles. The van der Waals surface area contributed by atoms with Crippen LogP contribution in [0, 0.1) is 0 Å². The van der Waals surface area contributed by atoms with Crippen molar-refractivity contribution in [2.75, 3.05) is 11.9 Å². The van der Waals surface area contributed by atoms with Gasteiger partial charge in [0.05, 0.1) is 0 Å². The van der Waals surface area contributed by atoms with Crippen LogP contribution in [0.1, 0.15) is 18.4 Å². The summed E-state index contributed by atoms with van der Waals surface area (Å²) >= 11 is 0. The summed E-state index contributed by atoms with van der Waals surface area (Å²) < 4.78 is 5.75. The molecule has 0 unspecified atom stereocenters. The standard InChI is InChI=1S/C28H26N4O4/c33-26(30-20-10-12-22(13-11-20)36-21-6-2-1-3-7-21)15-14-25-27(34)32(28(35)31-25)17-16-19-18-29-24-9-5-4-8-23(19)24/h1-13,18,25,29H,14-17H2,(H,30,33)(H,31,35)/t25-/m1/s1. The predicted octanol–water partition coefficient (Wildman–Crippen LogP) is 4.84. The van der Waals surface area contributed by atoms with Crippen molar-refractivity contribution in [3.8, 4) is 11.5 Å². The highest BCUT2D eigenvalue weighted by Crippen LogP contribution is 2.23. The number of hydrogen-bond donors (Lipinski definition) is 3. The summed E-state index contributed by atoms with van der Waals surface area (Å²) in [6, 6.07) is 23.3. The zero-order valence-electron chi connectivity index (χ0n) is 19.6. The van der Waals surface area contributed by atoms with Crippen molar-refractivity contribution in [1.82, 2.24) is 15.2 Å². The van der Waals surface area contributed by atoms with E-state index in [-0.39, 0.29) is 31.2 Å². The quantitative estimate of drug-likeness (QED) is 0.297. The lowest BCUT2D eigenvalue weighted by molar-refractivity contribution is -0.127. The number of rotatable bonds is 9. The van der Waals surface area contributed by atoms with Gasteiger partial charge >= 0.3 is 6.03 Å². The molecule has 1 aliphatic heterocycles. The monoisotopic (exact) mass is 482 g/mol. The number of fused-ring (bicyclic) bond motifs is 1. The van der Waals surface area contributed by atoms with Crippen LogP contribution in [0.4, 0.5) is 10.5 Å². The molecule has 182 valence electrons. The number of para-hydroxylation sites is 2. The number of amides is 4. The third-order valence-electron chi connectivity index (χ3n) is 6.16. The molecule has 3 aromatic carbocycles. The van der Waals surface area contributed by atoms with E-state index in [1.807, 2.05) is 60.8 Å². The first-order valence-corrected chi connectivity index (χ1v) is 11.9. The van der Waals surface area contributed by atoms with Gasteiger partial charge in [0, 0.05) is 35.8 Å². The number of urea groups is 1. The summed E-state index contributed by atoms with van der Waals surface area (Å²) in [4.78, 5) is 42.1. The number of anilines is 1. The highest BCUT2D eigenvalue weighted by atomic mass is 16.5. The SMILES string of the molecule is O=C(CC[C@H]1NC(=O)N(CCc2c[nH]c3ccccc23)C1=O)Nc1ccc(Oc2ccccc2)cc1. The number of nitrogens with one attached hydrogen (secondary N) is 3. The molecule has 4 aromatic rings. The van der Waals surface area contributed by atoms with Crippen LogP contribution in [-0.2, 0) is 16.0 Å². The van der Waals surface area contributed by atoms with Crippen LogP contribution in [0.15, 0.2) is 85.1 Å². The maximum Gasteiger partial charge on any atom is 0.324 e. The topological polar surface area (TPSA) is 104 Å². The van der Waals surface area contributed by atoms with Crippen LogP contribution in [0.5, 0.6) is 11.5 Å². The predicted molar refractivity (Wildman–Crippen MR) is 137 cm³/mol. The average molecular weight is 483 g/mol. The van der Waals surface area contributed by atoms with Crippen LogP contribution in [0.2, 0.25) is 0 Å². The maximum absolute atomic E-state index is 12.8. The van der Waals surface area contributed by atoms with Crippen molar-refractivity contribution < 1.29 is 19.1 Å². The molecular weight excluding hydrogens is 456 g/mol. The molecule has 5 rings (SSSR count). The van der Waals surface area contributed by atoms with Crippen LogP contribution in [0.3, 0.4) is 0 Å². The van der Waals surface area contributed by atoms with E-state index in [9.17, 15) is 14.4 Å². The van der Waals surface area contributed by atoms with Gasteiger partial charge in [-0.2, -0.15) is 0 Å². The molecule has 0 saturated carbocycles. The summed E-state index contributed by atoms with van der Waals surface area (Å²) in [6.07, 6.45) is 2.80. The molecule has 3 N–H and O–H groups in total. The number of ether oxygens (including phenoxy) is 1.